The van der Waals surface area contributed by atoms with Gasteiger partial charge in [0.05, 0.1) is 0 Å². The molecule has 1 aromatic carbocycles. The SMILES string of the molecule is C=C1C(=O)c2[nH]c(C3CCCCC3)nc2-c2ccccc21. The number of Topliss-reactive ketones (excluding diaryl/α,β-unsaturated/α-hetero) is 1. The third kappa shape index (κ3) is 1.88. The van der Waals surface area contributed by atoms with Crippen molar-refractivity contribution in [3.8, 4) is 11.3 Å². The maximum Gasteiger partial charge on any atom is 0.211 e. The number of imidazole rings is 1. The summed E-state index contributed by atoms with van der Waals surface area (Å²) < 4.78 is 0. The Hall–Kier alpha value is -2.16. The Morgan fingerprint density at radius 3 is 2.57 bits per heavy atom. The highest BCUT2D eigenvalue weighted by Crippen LogP contribution is 2.39. The van der Waals surface area contributed by atoms with Crippen LogP contribution in [0.15, 0.2) is 30.8 Å². The van der Waals surface area contributed by atoms with Crippen LogP contribution in [0.1, 0.15) is 59.9 Å². The van der Waals surface area contributed by atoms with E-state index in [4.69, 9.17) is 4.98 Å². The molecule has 1 N–H and O–H groups in total. The Morgan fingerprint density at radius 2 is 1.81 bits per heavy atom. The normalized spacial score (nSPS) is 18.5. The molecule has 1 fully saturated rings. The maximum atomic E-state index is 12.5. The molecule has 3 heteroatoms. The van der Waals surface area contributed by atoms with Crippen molar-refractivity contribution in [1.82, 2.24) is 9.97 Å². The second-order valence-electron chi connectivity index (χ2n) is 6.03. The molecule has 4 rings (SSSR count). The van der Waals surface area contributed by atoms with Crippen LogP contribution >= 0.6 is 0 Å². The molecule has 0 amide bonds. The first-order valence-electron chi connectivity index (χ1n) is 7.69. The molecule has 21 heavy (non-hydrogen) atoms. The van der Waals surface area contributed by atoms with E-state index in [0.29, 0.717) is 17.2 Å². The van der Waals surface area contributed by atoms with Crippen molar-refractivity contribution in [1.29, 1.82) is 0 Å². The first-order chi connectivity index (χ1) is 10.3. The van der Waals surface area contributed by atoms with Gasteiger partial charge in [0, 0.05) is 17.1 Å². The number of rotatable bonds is 1. The van der Waals surface area contributed by atoms with Gasteiger partial charge in [-0.2, -0.15) is 0 Å². The number of aromatic amines is 1. The predicted octanol–water partition coefficient (Wildman–Crippen LogP) is 4.33. The van der Waals surface area contributed by atoms with Crippen molar-refractivity contribution < 1.29 is 4.79 Å². The van der Waals surface area contributed by atoms with Crippen LogP contribution < -0.4 is 0 Å². The Kier molecular flexibility index (Phi) is 2.81. The van der Waals surface area contributed by atoms with Crippen LogP contribution in [0.3, 0.4) is 0 Å². The quantitative estimate of drug-likeness (QED) is 0.789. The van der Waals surface area contributed by atoms with Gasteiger partial charge in [0.2, 0.25) is 5.78 Å². The molecular formula is C18H18N2O. The van der Waals surface area contributed by atoms with Crippen LogP contribution in [-0.2, 0) is 0 Å². The number of hydrogen-bond acceptors (Lipinski definition) is 2. The van der Waals surface area contributed by atoms with Crippen LogP contribution in [0.5, 0.6) is 0 Å². The second-order valence-corrected chi connectivity index (χ2v) is 6.03. The lowest BCUT2D eigenvalue weighted by Gasteiger charge is -2.19. The zero-order chi connectivity index (χ0) is 14.4. The topological polar surface area (TPSA) is 45.8 Å². The fourth-order valence-corrected chi connectivity index (χ4v) is 3.55. The van der Waals surface area contributed by atoms with Crippen molar-refractivity contribution >= 4 is 11.4 Å². The zero-order valence-electron chi connectivity index (χ0n) is 12.0. The van der Waals surface area contributed by atoms with E-state index in [0.717, 1.165) is 22.6 Å². The average Bonchev–Trinajstić information content (AvgIpc) is 2.99. The standard InChI is InChI=1S/C18H18N2O/c1-11-13-9-5-6-10-14(13)15-16(17(11)21)20-18(19-15)12-7-3-2-4-8-12/h5-6,9-10,12H,1-4,7-8H2,(H,19,20). The highest BCUT2D eigenvalue weighted by Gasteiger charge is 2.31. The molecule has 0 bridgehead atoms. The maximum absolute atomic E-state index is 12.5. The van der Waals surface area contributed by atoms with E-state index in [1.165, 1.54) is 32.1 Å². The van der Waals surface area contributed by atoms with E-state index >= 15 is 0 Å². The number of aromatic nitrogens is 2. The van der Waals surface area contributed by atoms with E-state index in [1.54, 1.807) is 0 Å². The van der Waals surface area contributed by atoms with Crippen LogP contribution in [-0.4, -0.2) is 15.8 Å². The van der Waals surface area contributed by atoms with Crippen LogP contribution in [0.2, 0.25) is 0 Å². The van der Waals surface area contributed by atoms with E-state index in [9.17, 15) is 4.79 Å². The third-order valence-electron chi connectivity index (χ3n) is 4.72. The number of carbonyl (C=O) groups is 1. The molecule has 0 radical (unpaired) electrons. The minimum absolute atomic E-state index is 0.0155. The highest BCUT2D eigenvalue weighted by molar-refractivity contribution is 6.32. The van der Waals surface area contributed by atoms with E-state index in [-0.39, 0.29) is 5.78 Å². The lowest BCUT2D eigenvalue weighted by atomic mass is 9.88. The third-order valence-corrected chi connectivity index (χ3v) is 4.72. The van der Waals surface area contributed by atoms with E-state index < -0.39 is 0 Å². The summed E-state index contributed by atoms with van der Waals surface area (Å²) in [6.07, 6.45) is 6.17. The number of allylic oxidation sites excluding steroid dienone is 1. The molecule has 106 valence electrons. The average molecular weight is 278 g/mol. The summed E-state index contributed by atoms with van der Waals surface area (Å²) >= 11 is 0. The number of benzene rings is 1. The van der Waals surface area contributed by atoms with Crippen LogP contribution in [0.4, 0.5) is 0 Å². The van der Waals surface area contributed by atoms with Gasteiger partial charge in [-0.25, -0.2) is 4.98 Å². The van der Waals surface area contributed by atoms with Gasteiger partial charge in [-0.05, 0) is 18.4 Å². The van der Waals surface area contributed by atoms with Crippen molar-refractivity contribution in [2.24, 2.45) is 0 Å². The lowest BCUT2D eigenvalue weighted by molar-refractivity contribution is 0.105. The molecule has 0 aliphatic heterocycles. The summed E-state index contributed by atoms with van der Waals surface area (Å²) in [6.45, 7) is 3.96. The highest BCUT2D eigenvalue weighted by atomic mass is 16.1. The molecule has 1 heterocycles. The lowest BCUT2D eigenvalue weighted by Crippen LogP contribution is -2.10. The molecule has 0 unspecified atom stereocenters. The Morgan fingerprint density at radius 1 is 1.10 bits per heavy atom. The summed E-state index contributed by atoms with van der Waals surface area (Å²) in [5.41, 5.74) is 3.94. The number of nitrogens with one attached hydrogen (secondary N) is 1. The van der Waals surface area contributed by atoms with Gasteiger partial charge >= 0.3 is 0 Å². The molecule has 1 saturated carbocycles. The van der Waals surface area contributed by atoms with Crippen LogP contribution in [0.25, 0.3) is 16.8 Å². The number of carbonyl (C=O) groups excluding carboxylic acids is 1. The molecule has 2 aromatic rings. The monoisotopic (exact) mass is 278 g/mol. The minimum Gasteiger partial charge on any atom is -0.339 e. The summed E-state index contributed by atoms with van der Waals surface area (Å²) in [7, 11) is 0. The van der Waals surface area contributed by atoms with Gasteiger partial charge in [0.25, 0.3) is 0 Å². The molecule has 0 spiro atoms. The van der Waals surface area contributed by atoms with E-state index in [1.807, 2.05) is 24.3 Å². The number of fused-ring (bicyclic) bond motifs is 3. The fourth-order valence-electron chi connectivity index (χ4n) is 3.55. The summed E-state index contributed by atoms with van der Waals surface area (Å²) in [4.78, 5) is 20.6. The minimum atomic E-state index is -0.0155. The number of nitrogens with zero attached hydrogens (tertiary/aromatic N) is 1. The number of H-pyrrole nitrogens is 1. The zero-order valence-corrected chi connectivity index (χ0v) is 12.0. The molecule has 0 atom stereocenters. The van der Waals surface area contributed by atoms with Gasteiger partial charge < -0.3 is 4.98 Å². The van der Waals surface area contributed by atoms with Gasteiger partial charge in [-0.15, -0.1) is 0 Å². The fraction of sp³-hybridized carbons (Fsp3) is 0.333. The van der Waals surface area contributed by atoms with Gasteiger partial charge in [0.15, 0.2) is 0 Å². The molecule has 0 saturated heterocycles. The van der Waals surface area contributed by atoms with Crippen LogP contribution in [0, 0.1) is 0 Å². The summed E-state index contributed by atoms with van der Waals surface area (Å²) in [5, 5.41) is 0. The van der Waals surface area contributed by atoms with E-state index in [2.05, 4.69) is 11.6 Å². The Balaban J connectivity index is 1.84. The molecule has 2 aliphatic carbocycles. The predicted molar refractivity (Wildman–Crippen MR) is 83.2 cm³/mol. The largest absolute Gasteiger partial charge is 0.339 e. The van der Waals surface area contributed by atoms with Gasteiger partial charge in [0.1, 0.15) is 17.2 Å². The van der Waals surface area contributed by atoms with Gasteiger partial charge in [-0.3, -0.25) is 4.79 Å². The second kappa shape index (κ2) is 4.69. The summed E-state index contributed by atoms with van der Waals surface area (Å²) in [5.74, 6) is 1.44. The number of hydrogen-bond donors (Lipinski definition) is 1. The van der Waals surface area contributed by atoms with Gasteiger partial charge in [-0.1, -0.05) is 50.1 Å². The molecule has 1 aromatic heterocycles. The van der Waals surface area contributed by atoms with Crippen molar-refractivity contribution in [2.45, 2.75) is 38.0 Å². The van der Waals surface area contributed by atoms with Crippen molar-refractivity contribution in [2.75, 3.05) is 0 Å². The first kappa shape index (κ1) is 12.6. The molecule has 2 aliphatic rings. The Bertz CT molecular complexity index is 735. The Labute approximate surface area is 124 Å². The molecular weight excluding hydrogens is 260 g/mol. The smallest absolute Gasteiger partial charge is 0.211 e. The molecule has 3 nitrogen and oxygen atoms in total. The van der Waals surface area contributed by atoms with Crippen molar-refractivity contribution in [3.63, 3.8) is 0 Å². The number of ketones is 1. The summed E-state index contributed by atoms with van der Waals surface area (Å²) in [6, 6.07) is 7.91. The first-order valence-corrected chi connectivity index (χ1v) is 7.69. The van der Waals surface area contributed by atoms with Crippen molar-refractivity contribution in [3.05, 3.63) is 47.9 Å².